The highest BCUT2D eigenvalue weighted by Gasteiger charge is 2.36. The predicted molar refractivity (Wildman–Crippen MR) is 144 cm³/mol. The van der Waals surface area contributed by atoms with Crippen LogP contribution >= 0.6 is 0 Å². The predicted octanol–water partition coefficient (Wildman–Crippen LogP) is 4.78. The number of hydrogen-bond donors (Lipinski definition) is 2. The molecule has 0 bridgehead atoms. The first kappa shape index (κ1) is 26.1. The van der Waals surface area contributed by atoms with E-state index in [2.05, 4.69) is 42.3 Å². The molecule has 3 atom stereocenters. The van der Waals surface area contributed by atoms with Crippen LogP contribution in [0.2, 0.25) is 0 Å². The van der Waals surface area contributed by atoms with Crippen molar-refractivity contribution in [2.75, 3.05) is 31.6 Å². The second-order valence-corrected chi connectivity index (χ2v) is 11.1. The van der Waals surface area contributed by atoms with Crippen molar-refractivity contribution >= 4 is 11.8 Å². The van der Waals surface area contributed by atoms with Crippen molar-refractivity contribution in [2.45, 2.75) is 83.6 Å². The number of carboxylic acid groups (broad SMARTS) is 1. The van der Waals surface area contributed by atoms with Crippen molar-refractivity contribution < 1.29 is 19.4 Å². The summed E-state index contributed by atoms with van der Waals surface area (Å²) in [5, 5.41) is 13.7. The van der Waals surface area contributed by atoms with Crippen LogP contribution in [0, 0.1) is 5.92 Å². The summed E-state index contributed by atoms with van der Waals surface area (Å²) >= 11 is 0. The van der Waals surface area contributed by atoms with Gasteiger partial charge in [0, 0.05) is 31.9 Å². The minimum Gasteiger partial charge on any atom is -0.480 e. The fourth-order valence-corrected chi connectivity index (χ4v) is 5.96. The van der Waals surface area contributed by atoms with Crippen LogP contribution in [-0.2, 0) is 40.1 Å². The van der Waals surface area contributed by atoms with Gasteiger partial charge in [0.2, 0.25) is 0 Å². The molecule has 1 unspecified atom stereocenters. The summed E-state index contributed by atoms with van der Waals surface area (Å²) in [6.45, 7) is 7.99. The Hall–Kier alpha value is -2.48. The molecule has 5 rings (SSSR count). The largest absolute Gasteiger partial charge is 0.480 e. The fraction of sp³-hybridized carbons (Fsp3) is 0.600. The Kier molecular flexibility index (Phi) is 8.43. The van der Waals surface area contributed by atoms with E-state index >= 15 is 0 Å². The van der Waals surface area contributed by atoms with Crippen LogP contribution in [0.5, 0.6) is 0 Å². The summed E-state index contributed by atoms with van der Waals surface area (Å²) in [7, 11) is 0. The Morgan fingerprint density at radius 1 is 1.24 bits per heavy atom. The van der Waals surface area contributed by atoms with Gasteiger partial charge in [-0.15, -0.1) is 0 Å². The van der Waals surface area contributed by atoms with Gasteiger partial charge in [-0.05, 0) is 79.2 Å². The monoisotopic (exact) mass is 507 g/mol. The molecule has 0 aliphatic carbocycles. The highest BCUT2D eigenvalue weighted by Crippen LogP contribution is 2.34. The number of aromatic nitrogens is 1. The molecule has 1 fully saturated rings. The van der Waals surface area contributed by atoms with Crippen molar-refractivity contribution in [3.8, 4) is 0 Å². The van der Waals surface area contributed by atoms with Gasteiger partial charge in [0.15, 0.2) is 0 Å². The summed E-state index contributed by atoms with van der Waals surface area (Å²) in [5.74, 6) is 0.674. The van der Waals surface area contributed by atoms with Gasteiger partial charge in [-0.25, -0.2) is 4.98 Å². The Bertz CT molecular complexity index is 1090. The second-order valence-electron chi connectivity index (χ2n) is 11.1. The molecular formula is C30H41N3O4. The minimum atomic E-state index is -0.784. The number of aliphatic carboxylic acids is 1. The third kappa shape index (κ3) is 6.16. The van der Waals surface area contributed by atoms with E-state index in [4.69, 9.17) is 14.5 Å². The third-order valence-electron chi connectivity index (χ3n) is 8.11. The molecule has 0 amide bonds. The molecule has 2 N–H and O–H groups in total. The number of likely N-dealkylation sites (tertiary alicyclic amines) is 1. The van der Waals surface area contributed by atoms with Crippen LogP contribution in [0.25, 0.3) is 0 Å². The average molecular weight is 508 g/mol. The number of rotatable bonds is 10. The zero-order valence-corrected chi connectivity index (χ0v) is 22.2. The second kappa shape index (κ2) is 11.9. The number of unbranched alkanes of at least 4 members (excludes halogenated alkanes) is 1. The van der Waals surface area contributed by atoms with Crippen LogP contribution in [0.3, 0.4) is 0 Å². The van der Waals surface area contributed by atoms with Gasteiger partial charge in [0.1, 0.15) is 11.9 Å². The molecule has 1 saturated heterocycles. The number of pyridine rings is 1. The van der Waals surface area contributed by atoms with Crippen molar-refractivity contribution in [3.05, 3.63) is 58.3 Å². The molecule has 0 saturated carbocycles. The van der Waals surface area contributed by atoms with Gasteiger partial charge in [0.05, 0.1) is 18.8 Å². The normalized spacial score (nSPS) is 22.4. The molecular weight excluding hydrogens is 466 g/mol. The average Bonchev–Trinajstić information content (AvgIpc) is 3.36. The van der Waals surface area contributed by atoms with Crippen LogP contribution in [-0.4, -0.2) is 59.4 Å². The summed E-state index contributed by atoms with van der Waals surface area (Å²) in [6.07, 6.45) is 7.12. The maximum absolute atomic E-state index is 12.5. The van der Waals surface area contributed by atoms with E-state index in [0.717, 1.165) is 79.8 Å². The van der Waals surface area contributed by atoms with E-state index in [-0.39, 0.29) is 12.2 Å². The zero-order valence-electron chi connectivity index (χ0n) is 22.2. The molecule has 7 heteroatoms. The highest BCUT2D eigenvalue weighted by atomic mass is 16.5. The first-order chi connectivity index (χ1) is 18.0. The number of hydrogen-bond acceptors (Lipinski definition) is 6. The number of ether oxygens (including phenoxy) is 2. The molecule has 0 spiro atoms. The number of benzene rings is 1. The molecule has 1 aromatic heterocycles. The molecule has 7 nitrogen and oxygen atoms in total. The van der Waals surface area contributed by atoms with Crippen molar-refractivity contribution in [2.24, 2.45) is 5.92 Å². The Labute approximate surface area is 220 Å². The van der Waals surface area contributed by atoms with E-state index in [0.29, 0.717) is 25.7 Å². The van der Waals surface area contributed by atoms with Gasteiger partial charge in [-0.2, -0.15) is 0 Å². The first-order valence-corrected chi connectivity index (χ1v) is 14.0. The summed E-state index contributed by atoms with van der Waals surface area (Å²) in [6, 6.07) is 9.77. The standard InChI is InChI=1S/C30H41N3O4/c1-20(2)27-17-26-22(19-37-27)7-5-10-25(26)28(30(34)35)33-15-13-24(18-33)36-16-4-3-9-23-12-11-21-8-6-14-31-29(21)32-23/h5,7,10-12,20,24,27-28H,3-4,6,8-9,13-19H2,1-2H3,(H,31,32)(H,34,35)/t24-,27?,28-/m1/s1. The van der Waals surface area contributed by atoms with E-state index in [1.165, 1.54) is 12.0 Å². The lowest BCUT2D eigenvalue weighted by Gasteiger charge is -2.33. The molecule has 200 valence electrons. The third-order valence-corrected chi connectivity index (χ3v) is 8.11. The molecule has 0 radical (unpaired) electrons. The summed E-state index contributed by atoms with van der Waals surface area (Å²) in [4.78, 5) is 19.4. The molecule has 3 aliphatic heterocycles. The van der Waals surface area contributed by atoms with Crippen LogP contribution < -0.4 is 5.32 Å². The lowest BCUT2D eigenvalue weighted by molar-refractivity contribution is -0.143. The van der Waals surface area contributed by atoms with Gasteiger partial charge in [-0.1, -0.05) is 38.1 Å². The van der Waals surface area contributed by atoms with Crippen LogP contribution in [0.4, 0.5) is 5.82 Å². The molecule has 1 aromatic carbocycles. The van der Waals surface area contributed by atoms with E-state index in [1.807, 2.05) is 12.1 Å². The van der Waals surface area contributed by atoms with E-state index in [1.54, 1.807) is 0 Å². The smallest absolute Gasteiger partial charge is 0.325 e. The van der Waals surface area contributed by atoms with E-state index in [9.17, 15) is 9.90 Å². The van der Waals surface area contributed by atoms with Gasteiger partial charge in [-0.3, -0.25) is 9.69 Å². The number of aryl methyl sites for hydroxylation is 2. The van der Waals surface area contributed by atoms with E-state index < -0.39 is 12.0 Å². The van der Waals surface area contributed by atoms with Crippen molar-refractivity contribution in [1.29, 1.82) is 0 Å². The Morgan fingerprint density at radius 3 is 2.97 bits per heavy atom. The number of nitrogens with one attached hydrogen (secondary N) is 1. The van der Waals surface area contributed by atoms with Gasteiger partial charge in [0.25, 0.3) is 0 Å². The number of carboxylic acids is 1. The topological polar surface area (TPSA) is 83.9 Å². The molecule has 2 aromatic rings. The Balaban J connectivity index is 1.13. The SMILES string of the molecule is CC(C)C1Cc2c(cccc2[C@H](C(=O)O)N2CC[C@@H](OCCCCc3ccc4c(n3)NCCC4)C2)CO1. The van der Waals surface area contributed by atoms with Crippen LogP contribution in [0.15, 0.2) is 30.3 Å². The maximum atomic E-state index is 12.5. The Morgan fingerprint density at radius 2 is 2.14 bits per heavy atom. The highest BCUT2D eigenvalue weighted by molar-refractivity contribution is 5.76. The molecule has 3 aliphatic rings. The van der Waals surface area contributed by atoms with Crippen molar-refractivity contribution in [3.63, 3.8) is 0 Å². The first-order valence-electron chi connectivity index (χ1n) is 14.0. The number of anilines is 1. The number of fused-ring (bicyclic) bond motifs is 2. The maximum Gasteiger partial charge on any atom is 0.325 e. The zero-order chi connectivity index (χ0) is 25.8. The lowest BCUT2D eigenvalue weighted by Crippen LogP contribution is -2.36. The lowest BCUT2D eigenvalue weighted by atomic mass is 9.87. The molecule has 37 heavy (non-hydrogen) atoms. The van der Waals surface area contributed by atoms with Gasteiger partial charge >= 0.3 is 5.97 Å². The number of nitrogens with zero attached hydrogens (tertiary/aromatic N) is 2. The fourth-order valence-electron chi connectivity index (χ4n) is 5.96. The van der Waals surface area contributed by atoms with Crippen molar-refractivity contribution in [1.82, 2.24) is 9.88 Å². The summed E-state index contributed by atoms with van der Waals surface area (Å²) in [5.41, 5.74) is 5.67. The van der Waals surface area contributed by atoms with Crippen LogP contribution in [0.1, 0.15) is 73.5 Å². The molecule has 4 heterocycles. The summed E-state index contributed by atoms with van der Waals surface area (Å²) < 4.78 is 12.2. The number of carbonyl (C=O) groups is 1. The minimum absolute atomic E-state index is 0.0826. The quantitative estimate of drug-likeness (QED) is 0.448. The van der Waals surface area contributed by atoms with Gasteiger partial charge < -0.3 is 19.9 Å².